The molecule has 38 heavy (non-hydrogen) atoms. The number of rotatable bonds is 6. The molecule has 2 aromatic heterocycles. The van der Waals surface area contributed by atoms with Crippen LogP contribution >= 0.6 is 11.6 Å². The van der Waals surface area contributed by atoms with Gasteiger partial charge in [0.15, 0.2) is 0 Å². The molecule has 202 valence electrons. The summed E-state index contributed by atoms with van der Waals surface area (Å²) in [6.45, 7) is 0.225. The van der Waals surface area contributed by atoms with Crippen molar-refractivity contribution >= 4 is 29.0 Å². The number of amides is 1. The Hall–Kier alpha value is -3.44. The Morgan fingerprint density at radius 3 is 2.50 bits per heavy atom. The van der Waals surface area contributed by atoms with Gasteiger partial charge in [0.2, 0.25) is 0 Å². The first kappa shape index (κ1) is 26.2. The molecule has 3 aromatic rings. The average Bonchev–Trinajstić information content (AvgIpc) is 3.52. The van der Waals surface area contributed by atoms with Gasteiger partial charge in [0.05, 0.1) is 22.6 Å². The van der Waals surface area contributed by atoms with E-state index in [1.807, 2.05) is 0 Å². The first-order valence-corrected chi connectivity index (χ1v) is 12.8. The number of imidazole rings is 1. The van der Waals surface area contributed by atoms with Crippen molar-refractivity contribution < 1.29 is 14.3 Å². The maximum absolute atomic E-state index is 13.5. The third kappa shape index (κ3) is 4.76. The van der Waals surface area contributed by atoms with Crippen LogP contribution in [0.4, 0.5) is 15.9 Å². The molecule has 12 heteroatoms. The molecule has 2 saturated carbocycles. The Morgan fingerprint density at radius 1 is 1.16 bits per heavy atom. The summed E-state index contributed by atoms with van der Waals surface area (Å²) >= 11 is 5.85. The van der Waals surface area contributed by atoms with Gasteiger partial charge in [0.1, 0.15) is 17.3 Å². The van der Waals surface area contributed by atoms with E-state index in [0.29, 0.717) is 35.7 Å². The number of hydrogen-bond donors (Lipinski definition) is 3. The molecule has 1 amide bonds. The van der Waals surface area contributed by atoms with Gasteiger partial charge in [0.25, 0.3) is 11.5 Å². The highest BCUT2D eigenvalue weighted by atomic mass is 35.5. The van der Waals surface area contributed by atoms with Crippen molar-refractivity contribution in [1.29, 1.82) is 0 Å². The number of carbonyl (C=O) groups is 1. The summed E-state index contributed by atoms with van der Waals surface area (Å²) in [6.07, 6.45) is 4.34. The van der Waals surface area contributed by atoms with Crippen molar-refractivity contribution in [2.75, 3.05) is 17.2 Å². The van der Waals surface area contributed by atoms with Crippen LogP contribution in [0.3, 0.4) is 0 Å². The van der Waals surface area contributed by atoms with Crippen LogP contribution in [-0.2, 0) is 21.1 Å². The van der Waals surface area contributed by atoms with E-state index in [2.05, 4.69) is 15.6 Å². The van der Waals surface area contributed by atoms with Crippen molar-refractivity contribution in [2.45, 2.75) is 37.2 Å². The van der Waals surface area contributed by atoms with Gasteiger partial charge in [-0.25, -0.2) is 14.2 Å². The number of aliphatic hydroxyl groups is 1. The van der Waals surface area contributed by atoms with Crippen molar-refractivity contribution in [1.82, 2.24) is 18.7 Å². The Bertz CT molecular complexity index is 1510. The number of aromatic nitrogens is 4. The molecular formula is C26H30ClFN6O4. The van der Waals surface area contributed by atoms with E-state index in [9.17, 15) is 23.9 Å². The fraction of sp³-hybridized carbons (Fsp3) is 0.462. The zero-order chi connectivity index (χ0) is 27.4. The van der Waals surface area contributed by atoms with Crippen molar-refractivity contribution in [3.63, 3.8) is 0 Å². The molecular weight excluding hydrogens is 515 g/mol. The molecule has 2 unspecified atom stereocenters. The molecule has 2 aliphatic carbocycles. The minimum absolute atomic E-state index is 0.0687. The molecule has 10 nitrogen and oxygen atoms in total. The van der Waals surface area contributed by atoms with Crippen LogP contribution in [0.15, 0.2) is 40.2 Å². The molecule has 3 N–H and O–H groups in total. The predicted octanol–water partition coefficient (Wildman–Crippen LogP) is 2.61. The van der Waals surface area contributed by atoms with Crippen LogP contribution in [0.1, 0.15) is 47.8 Å². The van der Waals surface area contributed by atoms with Crippen molar-refractivity contribution in [2.24, 2.45) is 33.0 Å². The SMILES string of the molecule is Cn1cnc(C2CC3CC(O)(CNc4cc(=O)n(C)c(=O)n4C)CC3C2)c1C(=O)Nc1ccc(F)c(Cl)c1. The number of hydrogen-bond acceptors (Lipinski definition) is 6. The van der Waals surface area contributed by atoms with Crippen LogP contribution < -0.4 is 21.9 Å². The molecule has 1 aromatic carbocycles. The second-order valence-electron chi connectivity index (χ2n) is 10.6. The van der Waals surface area contributed by atoms with Gasteiger partial charge in [-0.05, 0) is 55.7 Å². The lowest BCUT2D eigenvalue weighted by molar-refractivity contribution is 0.0513. The Labute approximate surface area is 223 Å². The molecule has 0 radical (unpaired) electrons. The molecule has 5 rings (SSSR count). The molecule has 2 heterocycles. The van der Waals surface area contributed by atoms with Gasteiger partial charge < -0.3 is 20.3 Å². The Morgan fingerprint density at radius 2 is 1.84 bits per heavy atom. The Balaban J connectivity index is 1.25. The van der Waals surface area contributed by atoms with Crippen LogP contribution in [0, 0.1) is 17.7 Å². The predicted molar refractivity (Wildman–Crippen MR) is 141 cm³/mol. The number of nitrogens with zero attached hydrogens (tertiary/aromatic N) is 4. The maximum Gasteiger partial charge on any atom is 0.332 e. The van der Waals surface area contributed by atoms with Gasteiger partial charge >= 0.3 is 5.69 Å². The molecule has 2 fully saturated rings. The summed E-state index contributed by atoms with van der Waals surface area (Å²) in [7, 11) is 4.76. The highest BCUT2D eigenvalue weighted by Gasteiger charge is 2.49. The fourth-order valence-electron chi connectivity index (χ4n) is 6.08. The van der Waals surface area contributed by atoms with E-state index in [-0.39, 0.29) is 35.2 Å². The summed E-state index contributed by atoms with van der Waals surface area (Å²) in [4.78, 5) is 41.9. The summed E-state index contributed by atoms with van der Waals surface area (Å²) < 4.78 is 17.6. The highest BCUT2D eigenvalue weighted by Crippen LogP contribution is 2.54. The molecule has 2 aliphatic rings. The zero-order valence-electron chi connectivity index (χ0n) is 21.4. The average molecular weight is 545 g/mol. The maximum atomic E-state index is 13.5. The highest BCUT2D eigenvalue weighted by molar-refractivity contribution is 6.31. The number of fused-ring (bicyclic) bond motifs is 1. The minimum atomic E-state index is -0.969. The van der Waals surface area contributed by atoms with Crippen LogP contribution in [-0.4, -0.2) is 41.8 Å². The number of halogens is 2. The Kier molecular flexibility index (Phi) is 6.68. The van der Waals surface area contributed by atoms with Gasteiger partial charge in [-0.1, -0.05) is 11.6 Å². The molecule has 0 saturated heterocycles. The summed E-state index contributed by atoms with van der Waals surface area (Å²) in [6, 6.07) is 5.37. The third-order valence-electron chi connectivity index (χ3n) is 7.99. The van der Waals surface area contributed by atoms with E-state index in [4.69, 9.17) is 11.6 Å². The number of carbonyl (C=O) groups excluding carboxylic acids is 1. The van der Waals surface area contributed by atoms with Gasteiger partial charge in [-0.3, -0.25) is 18.7 Å². The summed E-state index contributed by atoms with van der Waals surface area (Å²) in [5.41, 5.74) is -0.266. The summed E-state index contributed by atoms with van der Waals surface area (Å²) in [5, 5.41) is 17.1. The minimum Gasteiger partial charge on any atom is -0.388 e. The molecule has 0 spiro atoms. The molecule has 0 bridgehead atoms. The smallest absolute Gasteiger partial charge is 0.332 e. The largest absolute Gasteiger partial charge is 0.388 e. The standard InChI is InChI=1S/C26H30ClFN6O4/c1-32-13-30-22(23(32)24(36)31-17-4-5-19(28)18(27)8-17)14-6-15-10-26(38,11-16(15)7-14)12-29-20-9-21(35)34(3)25(37)33(20)2/h4-5,8-9,13-16,29,38H,6-7,10-12H2,1-3H3,(H,31,36). The van der Waals surface area contributed by atoms with Crippen molar-refractivity contribution in [3.8, 4) is 0 Å². The van der Waals surface area contributed by atoms with E-state index in [1.54, 1.807) is 25.0 Å². The quantitative estimate of drug-likeness (QED) is 0.438. The van der Waals surface area contributed by atoms with Gasteiger partial charge in [-0.2, -0.15) is 0 Å². The lowest BCUT2D eigenvalue weighted by atomic mass is 9.92. The monoisotopic (exact) mass is 544 g/mol. The first-order valence-electron chi connectivity index (χ1n) is 12.5. The van der Waals surface area contributed by atoms with E-state index >= 15 is 0 Å². The third-order valence-corrected chi connectivity index (χ3v) is 8.28. The number of aryl methyl sites for hydroxylation is 1. The van der Waals surface area contributed by atoms with Crippen LogP contribution in [0.5, 0.6) is 0 Å². The lowest BCUT2D eigenvalue weighted by Crippen LogP contribution is -2.40. The second-order valence-corrected chi connectivity index (χ2v) is 11.0. The second kappa shape index (κ2) is 9.70. The van der Waals surface area contributed by atoms with E-state index in [0.717, 1.165) is 17.4 Å². The van der Waals surface area contributed by atoms with Gasteiger partial charge in [0, 0.05) is 45.4 Å². The number of anilines is 2. The molecule has 2 atom stereocenters. The van der Waals surface area contributed by atoms with Gasteiger partial charge in [-0.15, -0.1) is 0 Å². The lowest BCUT2D eigenvalue weighted by Gasteiger charge is -2.26. The number of nitrogens with one attached hydrogen (secondary N) is 2. The van der Waals surface area contributed by atoms with Crippen molar-refractivity contribution in [3.05, 3.63) is 73.7 Å². The topological polar surface area (TPSA) is 123 Å². The van der Waals surface area contributed by atoms with Crippen LogP contribution in [0.2, 0.25) is 5.02 Å². The zero-order valence-corrected chi connectivity index (χ0v) is 22.1. The summed E-state index contributed by atoms with van der Waals surface area (Å²) in [5.74, 6) is 0.0455. The normalized spacial score (nSPS) is 24.4. The molecule has 0 aliphatic heterocycles. The van der Waals surface area contributed by atoms with Crippen LogP contribution in [0.25, 0.3) is 0 Å². The number of benzene rings is 1. The fourth-order valence-corrected chi connectivity index (χ4v) is 6.27. The van der Waals surface area contributed by atoms with E-state index in [1.165, 1.54) is 35.9 Å². The van der Waals surface area contributed by atoms with E-state index < -0.39 is 22.7 Å². The first-order chi connectivity index (χ1) is 18.0.